The van der Waals surface area contributed by atoms with Gasteiger partial charge in [-0.25, -0.2) is 0 Å². The second-order valence-electron chi connectivity index (χ2n) is 3.11. The van der Waals surface area contributed by atoms with Crippen LogP contribution in [0.5, 0.6) is 0 Å². The summed E-state index contributed by atoms with van der Waals surface area (Å²) in [6.45, 7) is 8.08. The van der Waals surface area contributed by atoms with Crippen LogP contribution in [0, 0.1) is 0 Å². The Balaban J connectivity index is 3.53. The first kappa shape index (κ1) is 11.2. The molecule has 0 spiro atoms. The number of hydrogen-bond donors (Lipinski definition) is 2. The van der Waals surface area contributed by atoms with Crippen molar-refractivity contribution < 1.29 is 4.79 Å². The fourth-order valence-electron chi connectivity index (χ4n) is 0.704. The molecule has 1 unspecified atom stereocenters. The van der Waals surface area contributed by atoms with E-state index in [1.807, 2.05) is 13.8 Å². The van der Waals surface area contributed by atoms with Crippen molar-refractivity contribution in [1.82, 2.24) is 5.32 Å². The highest BCUT2D eigenvalue weighted by Crippen LogP contribution is 1.93. The highest BCUT2D eigenvalue weighted by Gasteiger charge is 2.05. The molecule has 0 aromatic rings. The first-order valence-corrected chi connectivity index (χ1v) is 4.23. The standard InChI is InChI=1S/C9H18N2O/c1-4-8(10)5-9(12)11-6-7(2)3/h8H,2,4-6,10H2,1,3H3,(H,11,12). The predicted octanol–water partition coefficient (Wildman–Crippen LogP) is 0.806. The van der Waals surface area contributed by atoms with E-state index in [9.17, 15) is 4.79 Å². The highest BCUT2D eigenvalue weighted by molar-refractivity contribution is 5.76. The molecule has 0 fully saturated rings. The van der Waals surface area contributed by atoms with Crippen molar-refractivity contribution >= 4 is 5.91 Å². The summed E-state index contributed by atoms with van der Waals surface area (Å²) in [4.78, 5) is 11.1. The number of carbonyl (C=O) groups excluding carboxylic acids is 1. The van der Waals surface area contributed by atoms with Gasteiger partial charge in [0.2, 0.25) is 5.91 Å². The van der Waals surface area contributed by atoms with Crippen molar-refractivity contribution in [2.45, 2.75) is 32.7 Å². The molecule has 1 amide bonds. The van der Waals surface area contributed by atoms with Crippen LogP contribution < -0.4 is 11.1 Å². The van der Waals surface area contributed by atoms with Crippen LogP contribution in [0.2, 0.25) is 0 Å². The van der Waals surface area contributed by atoms with E-state index >= 15 is 0 Å². The Labute approximate surface area is 74.0 Å². The molecule has 0 radical (unpaired) electrons. The lowest BCUT2D eigenvalue weighted by molar-refractivity contribution is -0.121. The number of hydrogen-bond acceptors (Lipinski definition) is 2. The third-order valence-corrected chi connectivity index (χ3v) is 1.56. The maximum Gasteiger partial charge on any atom is 0.221 e. The zero-order valence-corrected chi connectivity index (χ0v) is 7.89. The molecule has 0 aliphatic heterocycles. The number of rotatable bonds is 5. The second kappa shape index (κ2) is 5.77. The summed E-state index contributed by atoms with van der Waals surface area (Å²) in [6, 6.07) is -0.0184. The van der Waals surface area contributed by atoms with Crippen LogP contribution in [-0.4, -0.2) is 18.5 Å². The van der Waals surface area contributed by atoms with Gasteiger partial charge in [-0.3, -0.25) is 4.79 Å². The summed E-state index contributed by atoms with van der Waals surface area (Å²) in [5.41, 5.74) is 6.55. The fraction of sp³-hybridized carbons (Fsp3) is 0.667. The maximum absolute atomic E-state index is 11.1. The van der Waals surface area contributed by atoms with Gasteiger partial charge in [-0.2, -0.15) is 0 Å². The van der Waals surface area contributed by atoms with E-state index in [1.165, 1.54) is 0 Å². The molecule has 0 aromatic heterocycles. The van der Waals surface area contributed by atoms with Gasteiger partial charge in [0.05, 0.1) is 0 Å². The normalized spacial score (nSPS) is 12.2. The summed E-state index contributed by atoms with van der Waals surface area (Å²) in [6.07, 6.45) is 1.24. The van der Waals surface area contributed by atoms with Crippen LogP contribution in [0.4, 0.5) is 0 Å². The van der Waals surface area contributed by atoms with Gasteiger partial charge in [0.1, 0.15) is 0 Å². The molecular formula is C9H18N2O. The molecule has 0 heterocycles. The largest absolute Gasteiger partial charge is 0.352 e. The monoisotopic (exact) mass is 170 g/mol. The summed E-state index contributed by atoms with van der Waals surface area (Å²) < 4.78 is 0. The van der Waals surface area contributed by atoms with E-state index < -0.39 is 0 Å². The Bertz CT molecular complexity index is 166. The predicted molar refractivity (Wildman–Crippen MR) is 50.7 cm³/mol. The van der Waals surface area contributed by atoms with Gasteiger partial charge in [0.25, 0.3) is 0 Å². The van der Waals surface area contributed by atoms with Gasteiger partial charge in [-0.1, -0.05) is 19.1 Å². The van der Waals surface area contributed by atoms with E-state index in [4.69, 9.17) is 5.73 Å². The zero-order chi connectivity index (χ0) is 9.56. The second-order valence-corrected chi connectivity index (χ2v) is 3.11. The van der Waals surface area contributed by atoms with Crippen molar-refractivity contribution in [3.8, 4) is 0 Å². The van der Waals surface area contributed by atoms with E-state index in [0.29, 0.717) is 13.0 Å². The number of carbonyl (C=O) groups is 1. The first-order valence-electron chi connectivity index (χ1n) is 4.23. The Kier molecular flexibility index (Phi) is 5.37. The lowest BCUT2D eigenvalue weighted by Gasteiger charge is -2.08. The van der Waals surface area contributed by atoms with Gasteiger partial charge in [0.15, 0.2) is 0 Å². The lowest BCUT2D eigenvalue weighted by Crippen LogP contribution is -2.31. The molecule has 3 heteroatoms. The van der Waals surface area contributed by atoms with Crippen molar-refractivity contribution in [2.75, 3.05) is 6.54 Å². The van der Waals surface area contributed by atoms with Gasteiger partial charge in [0, 0.05) is 19.0 Å². The van der Waals surface area contributed by atoms with E-state index in [2.05, 4.69) is 11.9 Å². The smallest absolute Gasteiger partial charge is 0.221 e. The highest BCUT2D eigenvalue weighted by atomic mass is 16.1. The Morgan fingerprint density at radius 3 is 2.67 bits per heavy atom. The molecule has 0 bridgehead atoms. The minimum atomic E-state index is -0.0184. The van der Waals surface area contributed by atoms with Gasteiger partial charge in [-0.05, 0) is 13.3 Å². The minimum Gasteiger partial charge on any atom is -0.352 e. The van der Waals surface area contributed by atoms with E-state index in [1.54, 1.807) is 0 Å². The fourth-order valence-corrected chi connectivity index (χ4v) is 0.704. The molecular weight excluding hydrogens is 152 g/mol. The maximum atomic E-state index is 11.1. The number of nitrogens with two attached hydrogens (primary N) is 1. The average Bonchev–Trinajstić information content (AvgIpc) is 2.00. The summed E-state index contributed by atoms with van der Waals surface area (Å²) in [7, 11) is 0. The summed E-state index contributed by atoms with van der Waals surface area (Å²) in [5.74, 6) is 0.00681. The van der Waals surface area contributed by atoms with Crippen LogP contribution in [0.15, 0.2) is 12.2 Å². The van der Waals surface area contributed by atoms with Crippen molar-refractivity contribution in [3.05, 3.63) is 12.2 Å². The third kappa shape index (κ3) is 5.92. The zero-order valence-electron chi connectivity index (χ0n) is 7.89. The van der Waals surface area contributed by atoms with Crippen LogP contribution in [0.25, 0.3) is 0 Å². The molecule has 0 rings (SSSR count). The molecule has 0 aliphatic carbocycles. The third-order valence-electron chi connectivity index (χ3n) is 1.56. The number of amides is 1. The SMILES string of the molecule is C=C(C)CNC(=O)CC(N)CC. The summed E-state index contributed by atoms with van der Waals surface area (Å²) in [5, 5.41) is 2.73. The van der Waals surface area contributed by atoms with Gasteiger partial charge in [-0.15, -0.1) is 0 Å². The summed E-state index contributed by atoms with van der Waals surface area (Å²) >= 11 is 0. The van der Waals surface area contributed by atoms with Crippen LogP contribution in [0.3, 0.4) is 0 Å². The lowest BCUT2D eigenvalue weighted by atomic mass is 10.1. The molecule has 1 atom stereocenters. The topological polar surface area (TPSA) is 55.1 Å². The molecule has 0 aliphatic rings. The van der Waals surface area contributed by atoms with Gasteiger partial charge < -0.3 is 11.1 Å². The minimum absolute atomic E-state index is 0.00681. The molecule has 3 N–H and O–H groups in total. The molecule has 0 saturated carbocycles. The Morgan fingerprint density at radius 1 is 1.67 bits per heavy atom. The molecule has 12 heavy (non-hydrogen) atoms. The van der Waals surface area contributed by atoms with Gasteiger partial charge >= 0.3 is 0 Å². The molecule has 3 nitrogen and oxygen atoms in total. The first-order chi connectivity index (χ1) is 5.56. The quantitative estimate of drug-likeness (QED) is 0.600. The van der Waals surface area contributed by atoms with E-state index in [0.717, 1.165) is 12.0 Å². The Hall–Kier alpha value is -0.830. The van der Waals surface area contributed by atoms with Crippen molar-refractivity contribution in [2.24, 2.45) is 5.73 Å². The van der Waals surface area contributed by atoms with Crippen molar-refractivity contribution in [3.63, 3.8) is 0 Å². The Morgan fingerprint density at radius 2 is 2.25 bits per heavy atom. The van der Waals surface area contributed by atoms with Crippen LogP contribution in [0.1, 0.15) is 26.7 Å². The number of nitrogens with one attached hydrogen (secondary N) is 1. The van der Waals surface area contributed by atoms with E-state index in [-0.39, 0.29) is 11.9 Å². The van der Waals surface area contributed by atoms with Crippen molar-refractivity contribution in [1.29, 1.82) is 0 Å². The molecule has 0 aromatic carbocycles. The van der Waals surface area contributed by atoms with Crippen LogP contribution >= 0.6 is 0 Å². The van der Waals surface area contributed by atoms with Crippen LogP contribution in [-0.2, 0) is 4.79 Å². The molecule has 0 saturated heterocycles. The molecule has 70 valence electrons. The average molecular weight is 170 g/mol.